The van der Waals surface area contributed by atoms with Crippen LogP contribution >= 0.6 is 0 Å². The second-order valence-electron chi connectivity index (χ2n) is 17.1. The molecule has 1 aromatic heterocycles. The van der Waals surface area contributed by atoms with Crippen molar-refractivity contribution in [3.63, 3.8) is 0 Å². The number of para-hydroxylation sites is 1. The van der Waals surface area contributed by atoms with Gasteiger partial charge in [0.15, 0.2) is 5.41 Å². The summed E-state index contributed by atoms with van der Waals surface area (Å²) in [5.41, 5.74) is 1.26. The van der Waals surface area contributed by atoms with E-state index in [0.717, 1.165) is 46.9 Å². The molecule has 4 bridgehead atoms. The van der Waals surface area contributed by atoms with Gasteiger partial charge in [-0.3, -0.25) is 19.2 Å². The van der Waals surface area contributed by atoms with Crippen LogP contribution in [0.1, 0.15) is 61.6 Å². The monoisotopic (exact) mass is 772 g/mol. The van der Waals surface area contributed by atoms with Crippen LogP contribution in [-0.4, -0.2) is 78.4 Å². The van der Waals surface area contributed by atoms with Crippen LogP contribution in [0, 0.1) is 28.6 Å². The first-order chi connectivity index (χ1) is 27.6. The molecular formula is C46H52N4O7. The summed E-state index contributed by atoms with van der Waals surface area (Å²) in [7, 11) is 2.53. The molecule has 5 fully saturated rings. The van der Waals surface area contributed by atoms with Gasteiger partial charge in [0, 0.05) is 41.9 Å². The van der Waals surface area contributed by atoms with Crippen molar-refractivity contribution in [3.8, 4) is 0 Å². The van der Waals surface area contributed by atoms with E-state index < -0.39 is 52.7 Å². The Labute approximate surface area is 333 Å². The number of methoxy groups -OCH3 is 2. The number of rotatable bonds is 14. The fourth-order valence-corrected chi connectivity index (χ4v) is 11.1. The smallest absolute Gasteiger partial charge is 0.328 e. The van der Waals surface area contributed by atoms with E-state index in [4.69, 9.17) is 9.47 Å². The first-order valence-electron chi connectivity index (χ1n) is 20.3. The number of aromatic amines is 1. The van der Waals surface area contributed by atoms with Crippen LogP contribution in [0.5, 0.6) is 0 Å². The Bertz CT molecular complexity index is 2100. The third kappa shape index (κ3) is 7.44. The van der Waals surface area contributed by atoms with Gasteiger partial charge in [0.05, 0.1) is 20.3 Å². The molecule has 1 saturated heterocycles. The minimum Gasteiger partial charge on any atom is -0.468 e. The lowest BCUT2D eigenvalue weighted by Crippen LogP contribution is -2.58. The summed E-state index contributed by atoms with van der Waals surface area (Å²) in [6.45, 7) is -0.0714. The van der Waals surface area contributed by atoms with E-state index in [1.54, 1.807) is 0 Å². The summed E-state index contributed by atoms with van der Waals surface area (Å²) in [5, 5.41) is 7.29. The van der Waals surface area contributed by atoms with E-state index >= 15 is 0 Å². The summed E-state index contributed by atoms with van der Waals surface area (Å²) in [4.78, 5) is 76.2. The molecule has 3 N–H and O–H groups in total. The molecule has 4 saturated carbocycles. The summed E-state index contributed by atoms with van der Waals surface area (Å²) < 4.78 is 10.6. The van der Waals surface area contributed by atoms with Crippen molar-refractivity contribution in [1.29, 1.82) is 0 Å². The van der Waals surface area contributed by atoms with E-state index in [0.29, 0.717) is 17.8 Å². The first-order valence-corrected chi connectivity index (χ1v) is 20.3. The van der Waals surface area contributed by atoms with Gasteiger partial charge in [0.2, 0.25) is 17.7 Å². The van der Waals surface area contributed by atoms with Crippen molar-refractivity contribution in [2.75, 3.05) is 20.8 Å². The van der Waals surface area contributed by atoms with Gasteiger partial charge in [-0.05, 0) is 91.9 Å². The number of carbonyl (C=O) groups is 5. The zero-order chi connectivity index (χ0) is 39.7. The number of benzene rings is 3. The van der Waals surface area contributed by atoms with Crippen LogP contribution in [0.2, 0.25) is 0 Å². The molecule has 0 radical (unpaired) electrons. The molecule has 298 valence electrons. The zero-order valence-corrected chi connectivity index (χ0v) is 32.7. The number of H-pyrrole nitrogens is 1. The van der Waals surface area contributed by atoms with Crippen LogP contribution in [0.3, 0.4) is 0 Å². The predicted molar refractivity (Wildman–Crippen MR) is 213 cm³/mol. The maximum atomic E-state index is 14.9. The van der Waals surface area contributed by atoms with Crippen LogP contribution in [0.4, 0.5) is 0 Å². The Morgan fingerprint density at radius 3 is 2.04 bits per heavy atom. The summed E-state index contributed by atoms with van der Waals surface area (Å²) in [6, 6.07) is 23.6. The molecule has 9 rings (SSSR count). The molecule has 4 aliphatic carbocycles. The van der Waals surface area contributed by atoms with Gasteiger partial charge >= 0.3 is 11.9 Å². The van der Waals surface area contributed by atoms with E-state index in [2.05, 4.69) is 15.6 Å². The third-order valence-electron chi connectivity index (χ3n) is 13.4. The van der Waals surface area contributed by atoms with Gasteiger partial charge in [-0.15, -0.1) is 0 Å². The van der Waals surface area contributed by atoms with Crippen molar-refractivity contribution in [2.45, 2.75) is 82.3 Å². The molecule has 0 unspecified atom stereocenters. The van der Waals surface area contributed by atoms with E-state index in [1.807, 2.05) is 91.1 Å². The summed E-state index contributed by atoms with van der Waals surface area (Å²) >= 11 is 0. The Morgan fingerprint density at radius 1 is 0.789 bits per heavy atom. The number of likely N-dealkylation sites (tertiary alicyclic amines) is 1. The van der Waals surface area contributed by atoms with Gasteiger partial charge in [-0.25, -0.2) is 4.79 Å². The molecule has 11 nitrogen and oxygen atoms in total. The molecule has 4 aromatic rings. The lowest BCUT2D eigenvalue weighted by atomic mass is 9.49. The van der Waals surface area contributed by atoms with Crippen LogP contribution in [0.15, 0.2) is 91.1 Å². The van der Waals surface area contributed by atoms with Crippen LogP contribution in [-0.2, 0) is 52.7 Å². The maximum Gasteiger partial charge on any atom is 0.328 e. The van der Waals surface area contributed by atoms with E-state index in [1.165, 1.54) is 38.4 Å². The topological polar surface area (TPSA) is 147 Å². The lowest BCUT2D eigenvalue weighted by Gasteiger charge is -2.55. The van der Waals surface area contributed by atoms with E-state index in [-0.39, 0.29) is 38.1 Å². The van der Waals surface area contributed by atoms with Gasteiger partial charge in [0.1, 0.15) is 12.1 Å². The number of hydrogen-bond donors (Lipinski definition) is 3. The summed E-state index contributed by atoms with van der Waals surface area (Å²) in [6.07, 6.45) is 8.46. The fourth-order valence-electron chi connectivity index (χ4n) is 11.1. The molecule has 4 atom stereocenters. The molecule has 1 aliphatic heterocycles. The van der Waals surface area contributed by atoms with E-state index in [9.17, 15) is 24.0 Å². The number of nitrogens with one attached hydrogen (secondary N) is 3. The largest absolute Gasteiger partial charge is 0.468 e. The van der Waals surface area contributed by atoms with Crippen molar-refractivity contribution in [3.05, 3.63) is 108 Å². The molecule has 3 aromatic carbocycles. The Morgan fingerprint density at radius 2 is 1.40 bits per heavy atom. The zero-order valence-electron chi connectivity index (χ0n) is 32.7. The first kappa shape index (κ1) is 38.4. The molecule has 5 aliphatic rings. The van der Waals surface area contributed by atoms with Crippen LogP contribution < -0.4 is 10.6 Å². The average Bonchev–Trinajstić information content (AvgIpc) is 3.75. The molecule has 0 spiro atoms. The molecule has 2 heterocycles. The fraction of sp³-hybridized carbons (Fsp3) is 0.457. The number of aromatic nitrogens is 1. The Balaban J connectivity index is 1.10. The Kier molecular flexibility index (Phi) is 10.7. The van der Waals surface area contributed by atoms with Crippen molar-refractivity contribution >= 4 is 40.6 Å². The average molecular weight is 773 g/mol. The minimum atomic E-state index is -1.66. The second kappa shape index (κ2) is 15.8. The van der Waals surface area contributed by atoms with Gasteiger partial charge in [-0.1, -0.05) is 78.9 Å². The highest BCUT2D eigenvalue weighted by atomic mass is 16.5. The molecule has 57 heavy (non-hydrogen) atoms. The molecular weight excluding hydrogens is 721 g/mol. The quantitative estimate of drug-likeness (QED) is 0.116. The SMILES string of the molecule is COC(=O)[C@H](Cc1ccccc1)N1C(=O)[C@](Cc2ccccc2)(C(=O)OC)C[C@@H]1CNC(=O)[C@@H](Cc1c[nH]c2ccccc12)NC(=O)C12CC3CC(CC(C3)C1)C2. The normalized spacial score (nSPS) is 27.2. The lowest BCUT2D eigenvalue weighted by molar-refractivity contribution is -0.163. The highest BCUT2D eigenvalue weighted by molar-refractivity contribution is 6.06. The van der Waals surface area contributed by atoms with Gasteiger partial charge in [-0.2, -0.15) is 0 Å². The number of ether oxygens (including phenoxy) is 2. The number of hydrogen-bond acceptors (Lipinski definition) is 7. The van der Waals surface area contributed by atoms with Crippen LogP contribution in [0.25, 0.3) is 10.9 Å². The van der Waals surface area contributed by atoms with Gasteiger partial charge in [0.25, 0.3) is 0 Å². The van der Waals surface area contributed by atoms with Crippen molar-refractivity contribution in [1.82, 2.24) is 20.5 Å². The Hall–Kier alpha value is -5.45. The summed E-state index contributed by atoms with van der Waals surface area (Å²) in [5.74, 6) is -0.700. The minimum absolute atomic E-state index is 0.0112. The highest BCUT2D eigenvalue weighted by Gasteiger charge is 2.60. The predicted octanol–water partition coefficient (Wildman–Crippen LogP) is 5.32. The second-order valence-corrected chi connectivity index (χ2v) is 17.1. The number of amides is 3. The third-order valence-corrected chi connectivity index (χ3v) is 13.4. The number of fused-ring (bicyclic) bond motifs is 1. The number of carbonyl (C=O) groups excluding carboxylic acids is 5. The highest BCUT2D eigenvalue weighted by Crippen LogP contribution is 2.60. The van der Waals surface area contributed by atoms with Crippen molar-refractivity contribution < 1.29 is 33.4 Å². The molecule has 11 heteroatoms. The van der Waals surface area contributed by atoms with Gasteiger partial charge < -0.3 is 30.0 Å². The maximum absolute atomic E-state index is 14.9. The van der Waals surface area contributed by atoms with Crippen molar-refractivity contribution in [2.24, 2.45) is 28.6 Å². The number of nitrogens with zero attached hydrogens (tertiary/aromatic N) is 1. The standard InChI is InChI=1S/C46H52N4O7/c1-56-41(52)39(20-29-11-5-3-6-12-29)50-35(26-46(43(50)54,44(55)57-2)25-30-13-7-4-8-14-30)28-48-40(51)38(21-34-27-47-37-16-10-9-15-36(34)37)49-42(53)45-22-31-17-32(23-45)19-33(18-31)24-45/h3-16,27,31-33,35,38-39,47H,17-26,28H2,1-2H3,(H,48,51)(H,49,53)/t31?,32?,33?,35-,38-,39+,45?,46-/m1/s1. The number of esters is 2. The molecule has 3 amide bonds.